The lowest BCUT2D eigenvalue weighted by atomic mass is 10.2. The van der Waals surface area contributed by atoms with Crippen LogP contribution >= 0.6 is 11.6 Å². The molecule has 0 aliphatic heterocycles. The Balaban J connectivity index is 3.17. The molecule has 0 fully saturated rings. The molecule has 68 valence electrons. The Kier molecular flexibility index (Phi) is 2.78. The molecular weight excluding hydrogens is 172 g/mol. The molecule has 0 aliphatic rings. The molecule has 3 heteroatoms. The Bertz CT molecular complexity index is 276. The van der Waals surface area contributed by atoms with E-state index in [0.29, 0.717) is 11.9 Å². The van der Waals surface area contributed by atoms with Crippen LogP contribution in [0.2, 0.25) is 0 Å². The van der Waals surface area contributed by atoms with E-state index in [-0.39, 0.29) is 0 Å². The van der Waals surface area contributed by atoms with Gasteiger partial charge in [-0.1, -0.05) is 0 Å². The molecule has 1 rings (SSSR count). The van der Waals surface area contributed by atoms with Crippen molar-refractivity contribution < 1.29 is 0 Å². The van der Waals surface area contributed by atoms with E-state index in [2.05, 4.69) is 25.9 Å². The standard InChI is InChI=1S/C9H15ClN2/c1-6(2)12-8(4)9(5-10)7(3)11-12/h6H,5H2,1-4H3. The molecule has 1 aromatic heterocycles. The molecule has 0 aliphatic carbocycles. The largest absolute Gasteiger partial charge is 0.267 e. The topological polar surface area (TPSA) is 17.8 Å². The van der Waals surface area contributed by atoms with Crippen LogP contribution in [0.15, 0.2) is 0 Å². The van der Waals surface area contributed by atoms with Crippen LogP contribution in [0.5, 0.6) is 0 Å². The SMILES string of the molecule is Cc1nn(C(C)C)c(C)c1CCl. The van der Waals surface area contributed by atoms with E-state index in [1.165, 1.54) is 11.3 Å². The van der Waals surface area contributed by atoms with Crippen LogP contribution in [0, 0.1) is 13.8 Å². The molecule has 1 aromatic rings. The van der Waals surface area contributed by atoms with Crippen molar-refractivity contribution in [2.45, 2.75) is 39.6 Å². The van der Waals surface area contributed by atoms with Crippen molar-refractivity contribution in [3.63, 3.8) is 0 Å². The lowest BCUT2D eigenvalue weighted by Gasteiger charge is -2.07. The second-order valence-electron chi connectivity index (χ2n) is 3.32. The van der Waals surface area contributed by atoms with E-state index < -0.39 is 0 Å². The van der Waals surface area contributed by atoms with E-state index in [0.717, 1.165) is 5.69 Å². The Morgan fingerprint density at radius 2 is 2.00 bits per heavy atom. The zero-order valence-electron chi connectivity index (χ0n) is 8.06. The first-order valence-corrected chi connectivity index (χ1v) is 4.72. The molecule has 2 nitrogen and oxygen atoms in total. The maximum absolute atomic E-state index is 5.80. The Morgan fingerprint density at radius 3 is 2.25 bits per heavy atom. The van der Waals surface area contributed by atoms with Crippen LogP contribution in [0.4, 0.5) is 0 Å². The normalized spacial score (nSPS) is 11.2. The van der Waals surface area contributed by atoms with Crippen molar-refractivity contribution in [3.8, 4) is 0 Å². The minimum absolute atomic E-state index is 0.417. The summed E-state index contributed by atoms with van der Waals surface area (Å²) in [6.07, 6.45) is 0. The smallest absolute Gasteiger partial charge is 0.0640 e. The van der Waals surface area contributed by atoms with Gasteiger partial charge >= 0.3 is 0 Å². The van der Waals surface area contributed by atoms with E-state index in [4.69, 9.17) is 11.6 Å². The summed E-state index contributed by atoms with van der Waals surface area (Å²) in [6.45, 7) is 8.32. The highest BCUT2D eigenvalue weighted by molar-refractivity contribution is 6.17. The monoisotopic (exact) mass is 186 g/mol. The van der Waals surface area contributed by atoms with Gasteiger partial charge in [-0.2, -0.15) is 5.10 Å². The zero-order chi connectivity index (χ0) is 9.30. The summed E-state index contributed by atoms with van der Waals surface area (Å²) in [6, 6.07) is 0.417. The maximum atomic E-state index is 5.80. The molecule has 0 amide bonds. The lowest BCUT2D eigenvalue weighted by molar-refractivity contribution is 0.516. The average molecular weight is 187 g/mol. The van der Waals surface area contributed by atoms with Gasteiger partial charge in [0.1, 0.15) is 0 Å². The van der Waals surface area contributed by atoms with E-state index in [1.54, 1.807) is 0 Å². The van der Waals surface area contributed by atoms with Gasteiger partial charge in [-0.25, -0.2) is 0 Å². The molecule has 0 saturated carbocycles. The third kappa shape index (κ3) is 1.48. The van der Waals surface area contributed by atoms with Gasteiger partial charge in [-0.05, 0) is 27.7 Å². The summed E-state index contributed by atoms with van der Waals surface area (Å²) < 4.78 is 2.02. The highest BCUT2D eigenvalue weighted by atomic mass is 35.5. The first-order chi connectivity index (χ1) is 5.57. The molecule has 0 radical (unpaired) electrons. The van der Waals surface area contributed by atoms with Crippen molar-refractivity contribution in [2.24, 2.45) is 0 Å². The molecule has 0 unspecified atom stereocenters. The molecule has 0 atom stereocenters. The molecule has 0 saturated heterocycles. The number of hydrogen-bond acceptors (Lipinski definition) is 1. The van der Waals surface area contributed by atoms with Gasteiger partial charge in [0.2, 0.25) is 0 Å². The molecule has 1 heterocycles. The van der Waals surface area contributed by atoms with Crippen LogP contribution in [0.25, 0.3) is 0 Å². The number of halogens is 1. The van der Waals surface area contributed by atoms with Gasteiger partial charge in [0, 0.05) is 17.3 Å². The summed E-state index contributed by atoms with van der Waals surface area (Å²) in [4.78, 5) is 0. The molecule has 12 heavy (non-hydrogen) atoms. The average Bonchev–Trinajstić information content (AvgIpc) is 2.27. The van der Waals surface area contributed by atoms with E-state index in [9.17, 15) is 0 Å². The van der Waals surface area contributed by atoms with Crippen molar-refractivity contribution in [3.05, 3.63) is 17.0 Å². The summed E-state index contributed by atoms with van der Waals surface area (Å²) in [5, 5.41) is 4.41. The number of nitrogens with zero attached hydrogens (tertiary/aromatic N) is 2. The fourth-order valence-corrected chi connectivity index (χ4v) is 1.78. The predicted octanol–water partition coefficient (Wildman–Crippen LogP) is 2.82. The first kappa shape index (κ1) is 9.59. The van der Waals surface area contributed by atoms with Crippen LogP contribution < -0.4 is 0 Å². The maximum Gasteiger partial charge on any atom is 0.0640 e. The van der Waals surface area contributed by atoms with Crippen LogP contribution in [-0.4, -0.2) is 9.78 Å². The van der Waals surface area contributed by atoms with Crippen LogP contribution in [0.1, 0.15) is 36.8 Å². The number of alkyl halides is 1. The molecule has 0 spiro atoms. The van der Waals surface area contributed by atoms with Gasteiger partial charge in [0.25, 0.3) is 0 Å². The predicted molar refractivity (Wildman–Crippen MR) is 51.6 cm³/mol. The summed E-state index contributed by atoms with van der Waals surface area (Å²) in [7, 11) is 0. The minimum atomic E-state index is 0.417. The van der Waals surface area contributed by atoms with E-state index in [1.807, 2.05) is 11.6 Å². The number of hydrogen-bond donors (Lipinski definition) is 0. The van der Waals surface area contributed by atoms with Gasteiger partial charge < -0.3 is 0 Å². The van der Waals surface area contributed by atoms with Crippen molar-refractivity contribution in [2.75, 3.05) is 0 Å². The fraction of sp³-hybridized carbons (Fsp3) is 0.667. The third-order valence-corrected chi connectivity index (χ3v) is 2.36. The Hall–Kier alpha value is -0.500. The molecular formula is C9H15ClN2. The Morgan fingerprint density at radius 1 is 1.42 bits per heavy atom. The lowest BCUT2D eigenvalue weighted by Crippen LogP contribution is -2.04. The fourth-order valence-electron chi connectivity index (χ4n) is 1.39. The second-order valence-corrected chi connectivity index (χ2v) is 3.59. The molecule has 0 aromatic carbocycles. The zero-order valence-corrected chi connectivity index (χ0v) is 8.81. The summed E-state index contributed by atoms with van der Waals surface area (Å²) >= 11 is 5.80. The molecule has 0 bridgehead atoms. The third-order valence-electron chi connectivity index (χ3n) is 2.10. The number of rotatable bonds is 2. The number of aromatic nitrogens is 2. The van der Waals surface area contributed by atoms with Crippen molar-refractivity contribution in [1.29, 1.82) is 0 Å². The Labute approximate surface area is 78.5 Å². The van der Waals surface area contributed by atoms with Crippen molar-refractivity contribution in [1.82, 2.24) is 9.78 Å². The van der Waals surface area contributed by atoms with Crippen molar-refractivity contribution >= 4 is 11.6 Å². The van der Waals surface area contributed by atoms with Crippen LogP contribution in [-0.2, 0) is 5.88 Å². The van der Waals surface area contributed by atoms with Gasteiger partial charge in [0.05, 0.1) is 11.6 Å². The van der Waals surface area contributed by atoms with Gasteiger partial charge in [-0.3, -0.25) is 4.68 Å². The molecule has 0 N–H and O–H groups in total. The highest BCUT2D eigenvalue weighted by Crippen LogP contribution is 2.18. The first-order valence-electron chi connectivity index (χ1n) is 4.18. The summed E-state index contributed by atoms with van der Waals surface area (Å²) in [5.74, 6) is 0.560. The quantitative estimate of drug-likeness (QED) is 0.650. The van der Waals surface area contributed by atoms with Gasteiger partial charge in [0.15, 0.2) is 0 Å². The van der Waals surface area contributed by atoms with Gasteiger partial charge in [-0.15, -0.1) is 11.6 Å². The van der Waals surface area contributed by atoms with E-state index >= 15 is 0 Å². The minimum Gasteiger partial charge on any atom is -0.267 e. The second kappa shape index (κ2) is 3.48. The van der Waals surface area contributed by atoms with Crippen LogP contribution in [0.3, 0.4) is 0 Å². The summed E-state index contributed by atoms with van der Waals surface area (Å²) in [5.41, 5.74) is 3.42. The highest BCUT2D eigenvalue weighted by Gasteiger charge is 2.11. The number of aryl methyl sites for hydroxylation is 1.